The van der Waals surface area contributed by atoms with Gasteiger partial charge in [0.2, 0.25) is 0 Å². The van der Waals surface area contributed by atoms with Crippen molar-refractivity contribution in [2.24, 2.45) is 0 Å². The summed E-state index contributed by atoms with van der Waals surface area (Å²) in [4.78, 5) is 15.7. The lowest BCUT2D eigenvalue weighted by atomic mass is 10.1. The Balaban J connectivity index is 2.00. The second kappa shape index (κ2) is 3.90. The number of amides is 1. The highest BCUT2D eigenvalue weighted by molar-refractivity contribution is 6.04. The average molecular weight is 225 g/mol. The van der Waals surface area contributed by atoms with E-state index >= 15 is 0 Å². The topological polar surface area (TPSA) is 54.0 Å². The van der Waals surface area contributed by atoms with Crippen molar-refractivity contribution in [3.8, 4) is 0 Å². The van der Waals surface area contributed by atoms with Crippen LogP contribution >= 0.6 is 0 Å². The first-order chi connectivity index (χ1) is 8.34. The molecule has 0 radical (unpaired) electrons. The molecule has 0 saturated carbocycles. The van der Waals surface area contributed by atoms with Gasteiger partial charge in [-0.1, -0.05) is 12.1 Å². The number of nitrogens with one attached hydrogen (secondary N) is 2. The van der Waals surface area contributed by atoms with Crippen LogP contribution < -0.4 is 10.6 Å². The molecule has 1 amide bonds. The number of hydrogen-bond acceptors (Lipinski definition) is 3. The molecular formula is C13H11N3O. The SMILES string of the molecule is O=C1NCc2cccc(Nc3ccncc3)c21. The summed E-state index contributed by atoms with van der Waals surface area (Å²) in [7, 11) is 0. The van der Waals surface area contributed by atoms with E-state index in [2.05, 4.69) is 15.6 Å². The number of carbonyl (C=O) groups excluding carboxylic acids is 1. The molecule has 0 unspecified atom stereocenters. The van der Waals surface area contributed by atoms with E-state index in [0.717, 1.165) is 22.5 Å². The van der Waals surface area contributed by atoms with Crippen LogP contribution in [-0.4, -0.2) is 10.9 Å². The van der Waals surface area contributed by atoms with Gasteiger partial charge in [-0.05, 0) is 23.8 Å². The van der Waals surface area contributed by atoms with Gasteiger partial charge in [0.1, 0.15) is 0 Å². The molecule has 84 valence electrons. The summed E-state index contributed by atoms with van der Waals surface area (Å²) in [5.41, 5.74) is 3.54. The lowest BCUT2D eigenvalue weighted by Gasteiger charge is -2.09. The van der Waals surface area contributed by atoms with Crippen LogP contribution in [0.4, 0.5) is 11.4 Å². The minimum absolute atomic E-state index is 0.0165. The zero-order valence-corrected chi connectivity index (χ0v) is 9.10. The van der Waals surface area contributed by atoms with Gasteiger partial charge in [-0.15, -0.1) is 0 Å². The smallest absolute Gasteiger partial charge is 0.254 e. The van der Waals surface area contributed by atoms with E-state index in [-0.39, 0.29) is 5.91 Å². The van der Waals surface area contributed by atoms with Crippen LogP contribution in [0.2, 0.25) is 0 Å². The van der Waals surface area contributed by atoms with Gasteiger partial charge < -0.3 is 10.6 Å². The van der Waals surface area contributed by atoms with E-state index in [0.29, 0.717) is 6.54 Å². The van der Waals surface area contributed by atoms with Crippen molar-refractivity contribution >= 4 is 17.3 Å². The predicted molar refractivity (Wildman–Crippen MR) is 65.1 cm³/mol. The normalized spacial score (nSPS) is 13.1. The first-order valence-corrected chi connectivity index (χ1v) is 5.42. The molecule has 2 N–H and O–H groups in total. The number of rotatable bonds is 2. The molecule has 17 heavy (non-hydrogen) atoms. The van der Waals surface area contributed by atoms with E-state index in [1.807, 2.05) is 30.3 Å². The summed E-state index contributed by atoms with van der Waals surface area (Å²) < 4.78 is 0. The highest BCUT2D eigenvalue weighted by atomic mass is 16.1. The van der Waals surface area contributed by atoms with Gasteiger partial charge in [0.15, 0.2) is 0 Å². The number of carbonyl (C=O) groups is 1. The largest absolute Gasteiger partial charge is 0.355 e. The molecular weight excluding hydrogens is 214 g/mol. The minimum atomic E-state index is -0.0165. The maximum absolute atomic E-state index is 11.7. The summed E-state index contributed by atoms with van der Waals surface area (Å²) >= 11 is 0. The molecule has 0 spiro atoms. The standard InChI is InChI=1S/C13H11N3O/c17-13-12-9(8-15-13)2-1-3-11(12)16-10-4-6-14-7-5-10/h1-7H,8H2,(H,14,16)(H,15,17). The molecule has 0 aliphatic carbocycles. The maximum atomic E-state index is 11.7. The molecule has 1 aromatic heterocycles. The van der Waals surface area contributed by atoms with Crippen molar-refractivity contribution in [2.45, 2.75) is 6.54 Å². The number of fused-ring (bicyclic) bond motifs is 1. The van der Waals surface area contributed by atoms with E-state index < -0.39 is 0 Å². The third-order valence-corrected chi connectivity index (χ3v) is 2.78. The molecule has 4 heteroatoms. The number of aromatic nitrogens is 1. The van der Waals surface area contributed by atoms with Crippen molar-refractivity contribution < 1.29 is 4.79 Å². The Morgan fingerprint density at radius 3 is 2.82 bits per heavy atom. The van der Waals surface area contributed by atoms with Gasteiger partial charge in [-0.3, -0.25) is 9.78 Å². The Morgan fingerprint density at radius 1 is 1.18 bits per heavy atom. The summed E-state index contributed by atoms with van der Waals surface area (Å²) in [6, 6.07) is 9.55. The molecule has 0 atom stereocenters. The first-order valence-electron chi connectivity index (χ1n) is 5.42. The summed E-state index contributed by atoms with van der Waals surface area (Å²) in [5.74, 6) is -0.0165. The van der Waals surface area contributed by atoms with Crippen LogP contribution in [0, 0.1) is 0 Å². The maximum Gasteiger partial charge on any atom is 0.254 e. The average Bonchev–Trinajstić information content (AvgIpc) is 2.74. The fraction of sp³-hybridized carbons (Fsp3) is 0.0769. The van der Waals surface area contributed by atoms with Gasteiger partial charge in [-0.25, -0.2) is 0 Å². The Morgan fingerprint density at radius 2 is 2.00 bits per heavy atom. The Labute approximate surface area is 98.7 Å². The minimum Gasteiger partial charge on any atom is -0.355 e. The third kappa shape index (κ3) is 1.73. The molecule has 2 heterocycles. The number of pyridine rings is 1. The lowest BCUT2D eigenvalue weighted by molar-refractivity contribution is 0.0966. The van der Waals surface area contributed by atoms with Crippen molar-refractivity contribution in [3.05, 3.63) is 53.9 Å². The number of nitrogens with zero attached hydrogens (tertiary/aromatic N) is 1. The molecule has 1 aromatic carbocycles. The summed E-state index contributed by atoms with van der Waals surface area (Å²) in [6.07, 6.45) is 3.43. The number of anilines is 2. The molecule has 4 nitrogen and oxygen atoms in total. The van der Waals surface area contributed by atoms with Gasteiger partial charge >= 0.3 is 0 Å². The molecule has 1 aliphatic heterocycles. The lowest BCUT2D eigenvalue weighted by Crippen LogP contribution is -2.13. The Bertz CT molecular complexity index is 566. The van der Waals surface area contributed by atoms with Crippen LogP contribution in [0.25, 0.3) is 0 Å². The third-order valence-electron chi connectivity index (χ3n) is 2.78. The molecule has 3 rings (SSSR count). The quantitative estimate of drug-likeness (QED) is 0.822. The predicted octanol–water partition coefficient (Wildman–Crippen LogP) is 2.07. The molecule has 0 saturated heterocycles. The van der Waals surface area contributed by atoms with Crippen molar-refractivity contribution in [2.75, 3.05) is 5.32 Å². The zero-order chi connectivity index (χ0) is 11.7. The monoisotopic (exact) mass is 225 g/mol. The number of benzene rings is 1. The van der Waals surface area contributed by atoms with E-state index in [1.165, 1.54) is 0 Å². The van der Waals surface area contributed by atoms with Crippen LogP contribution in [0.15, 0.2) is 42.7 Å². The van der Waals surface area contributed by atoms with Crippen LogP contribution in [-0.2, 0) is 6.54 Å². The highest BCUT2D eigenvalue weighted by Crippen LogP contribution is 2.26. The summed E-state index contributed by atoms with van der Waals surface area (Å²) in [6.45, 7) is 0.611. The number of hydrogen-bond donors (Lipinski definition) is 2. The van der Waals surface area contributed by atoms with Crippen molar-refractivity contribution in [3.63, 3.8) is 0 Å². The van der Waals surface area contributed by atoms with Gasteiger partial charge in [0, 0.05) is 24.6 Å². The Hall–Kier alpha value is -2.36. The van der Waals surface area contributed by atoms with E-state index in [4.69, 9.17) is 0 Å². The van der Waals surface area contributed by atoms with Gasteiger partial charge in [0.25, 0.3) is 5.91 Å². The fourth-order valence-electron chi connectivity index (χ4n) is 1.97. The second-order valence-corrected chi connectivity index (χ2v) is 3.88. The molecule has 0 bridgehead atoms. The second-order valence-electron chi connectivity index (χ2n) is 3.88. The highest BCUT2D eigenvalue weighted by Gasteiger charge is 2.21. The van der Waals surface area contributed by atoms with Crippen molar-refractivity contribution in [1.82, 2.24) is 10.3 Å². The fourth-order valence-corrected chi connectivity index (χ4v) is 1.97. The van der Waals surface area contributed by atoms with Gasteiger partial charge in [-0.2, -0.15) is 0 Å². The Kier molecular flexibility index (Phi) is 2.26. The molecule has 2 aromatic rings. The van der Waals surface area contributed by atoms with E-state index in [1.54, 1.807) is 12.4 Å². The van der Waals surface area contributed by atoms with Crippen molar-refractivity contribution in [1.29, 1.82) is 0 Å². The zero-order valence-electron chi connectivity index (χ0n) is 9.10. The first kappa shape index (κ1) is 9.84. The summed E-state index contributed by atoms with van der Waals surface area (Å²) in [5, 5.41) is 6.05. The van der Waals surface area contributed by atoms with E-state index in [9.17, 15) is 4.79 Å². The van der Waals surface area contributed by atoms with Crippen LogP contribution in [0.5, 0.6) is 0 Å². The van der Waals surface area contributed by atoms with Crippen LogP contribution in [0.3, 0.4) is 0 Å². The molecule has 1 aliphatic rings. The molecule has 0 fully saturated rings. The van der Waals surface area contributed by atoms with Gasteiger partial charge in [0.05, 0.1) is 11.3 Å². The van der Waals surface area contributed by atoms with Crippen LogP contribution in [0.1, 0.15) is 15.9 Å².